The van der Waals surface area contributed by atoms with E-state index in [0.717, 1.165) is 0 Å². The molecule has 0 aliphatic rings. The van der Waals surface area contributed by atoms with Crippen molar-refractivity contribution in [2.24, 2.45) is 0 Å². The summed E-state index contributed by atoms with van der Waals surface area (Å²) in [6.07, 6.45) is 0. The fraction of sp³-hybridized carbons (Fsp3) is 0. The Morgan fingerprint density at radius 1 is 1.00 bits per heavy atom. The average molecular weight is 343 g/mol. The Hall–Kier alpha value is 2.97. The van der Waals surface area contributed by atoms with Crippen LogP contribution in [0.2, 0.25) is 0 Å². The maximum atomic E-state index is 0. The van der Waals surface area contributed by atoms with E-state index < -0.39 is 0 Å². The van der Waals surface area contributed by atoms with Crippen LogP contribution in [-0.2, 0) is 53.4 Å². The minimum atomic E-state index is 0. The average Bonchev–Trinajstić information content (AvgIpc) is 0. The van der Waals surface area contributed by atoms with Gasteiger partial charge in [0, 0.05) is 0 Å². The summed E-state index contributed by atoms with van der Waals surface area (Å²) in [5.41, 5.74) is 0. The number of hydrogen-bond donors (Lipinski definition) is 0. The van der Waals surface area contributed by atoms with Crippen LogP contribution in [0, 0.1) is 0 Å². The van der Waals surface area contributed by atoms with E-state index in [9.17, 15) is 0 Å². The largest absolute Gasteiger partial charge is 4.00 e. The standard InChI is InChI=1S/Ge.In.O.Ti.Zr/q+2;+3;-2;2*+4. The first-order valence-corrected chi connectivity index (χ1v) is 0. The molecule has 0 rings (SSSR count). The van der Waals surface area contributed by atoms with Gasteiger partial charge in [-0.25, -0.2) is 0 Å². The zero-order chi connectivity index (χ0) is 0. The Balaban J connectivity index is 0. The maximum Gasteiger partial charge on any atom is 4.00 e. The molecule has 0 aromatic heterocycles. The van der Waals surface area contributed by atoms with E-state index in [1.54, 1.807) is 0 Å². The van der Waals surface area contributed by atoms with E-state index in [2.05, 4.69) is 0 Å². The molecule has 0 aromatic rings. The fourth-order valence-electron chi connectivity index (χ4n) is 0. The Bertz CT molecular complexity index is 11.6. The first kappa shape index (κ1) is 43.9. The summed E-state index contributed by atoms with van der Waals surface area (Å²) in [4.78, 5) is 0. The summed E-state index contributed by atoms with van der Waals surface area (Å²) >= 11 is 0. The van der Waals surface area contributed by atoms with E-state index in [4.69, 9.17) is 0 Å². The minimum Gasteiger partial charge on any atom is -2.00 e. The van der Waals surface area contributed by atoms with Gasteiger partial charge in [0.2, 0.25) is 0 Å². The molecule has 0 spiro atoms. The van der Waals surface area contributed by atoms with E-state index in [0.29, 0.717) is 0 Å². The van der Waals surface area contributed by atoms with Gasteiger partial charge in [0.1, 0.15) is 0 Å². The van der Waals surface area contributed by atoms with Gasteiger partial charge in [0.15, 0.2) is 0 Å². The van der Waals surface area contributed by atoms with Crippen molar-refractivity contribution in [1.29, 1.82) is 0 Å². The van der Waals surface area contributed by atoms with Gasteiger partial charge >= 0.3 is 91.4 Å². The molecule has 2 radical (unpaired) electrons. The first-order chi connectivity index (χ1) is 0. The molecule has 1 nitrogen and oxygen atoms in total. The van der Waals surface area contributed by atoms with Gasteiger partial charge in [-0.15, -0.1) is 0 Å². The van der Waals surface area contributed by atoms with Crippen molar-refractivity contribution in [2.75, 3.05) is 0 Å². The van der Waals surface area contributed by atoms with Gasteiger partial charge in [0.25, 0.3) is 0 Å². The van der Waals surface area contributed by atoms with E-state index in [1.165, 1.54) is 0 Å². The zero-order valence-corrected chi connectivity index (χ0v) is 11.9. The number of rotatable bonds is 0. The Morgan fingerprint density at radius 3 is 1.00 bits per heavy atom. The van der Waals surface area contributed by atoms with Crippen molar-refractivity contribution in [3.05, 3.63) is 0 Å². The van der Waals surface area contributed by atoms with Crippen LogP contribution < -0.4 is 0 Å². The Morgan fingerprint density at radius 2 is 1.00 bits per heavy atom. The van der Waals surface area contributed by atoms with Crippen LogP contribution in [0.3, 0.4) is 0 Å². The number of hydrogen-bond acceptors (Lipinski definition) is 0. The summed E-state index contributed by atoms with van der Waals surface area (Å²) in [7, 11) is 0. The molecular weight excluding hydrogens is 343 g/mol. The normalized spacial score (nSPS) is 0. The van der Waals surface area contributed by atoms with Crippen molar-refractivity contribution in [3.8, 4) is 0 Å². The van der Waals surface area contributed by atoms with Crippen molar-refractivity contribution >= 4 is 43.4 Å². The molecule has 0 bridgehead atoms. The molecule has 0 atom stereocenters. The molecule has 0 fully saturated rings. The van der Waals surface area contributed by atoms with Crippen molar-refractivity contribution in [3.63, 3.8) is 0 Å². The smallest absolute Gasteiger partial charge is 2.00 e. The third-order valence-electron chi connectivity index (χ3n) is 0. The molecule has 0 N–H and O–H groups in total. The van der Waals surface area contributed by atoms with Crippen LogP contribution >= 0.6 is 0 Å². The van der Waals surface area contributed by atoms with E-state index in [1.807, 2.05) is 0 Å². The molecule has 0 aromatic carbocycles. The summed E-state index contributed by atoms with van der Waals surface area (Å²) in [5.74, 6) is 0. The third kappa shape index (κ3) is 19.5. The molecule has 0 saturated heterocycles. The summed E-state index contributed by atoms with van der Waals surface area (Å²) in [6, 6.07) is 0. The molecule has 0 aliphatic heterocycles. The van der Waals surface area contributed by atoms with Gasteiger partial charge in [-0.1, -0.05) is 0 Å². The van der Waals surface area contributed by atoms with Crippen molar-refractivity contribution in [2.45, 2.75) is 0 Å². The van der Waals surface area contributed by atoms with Crippen LogP contribution in [0.4, 0.5) is 0 Å². The summed E-state index contributed by atoms with van der Waals surface area (Å²) in [6.45, 7) is 0. The monoisotopic (exact) mass is 343 g/mol. The predicted octanol–water partition coefficient (Wildman–Crippen LogP) is -0.885. The predicted molar refractivity (Wildman–Crippen MR) is 12.2 cm³/mol. The Kier molecular flexibility index (Phi) is 247. The van der Waals surface area contributed by atoms with Crippen LogP contribution in [0.1, 0.15) is 0 Å². The molecule has 10 valence electrons. The summed E-state index contributed by atoms with van der Waals surface area (Å²) in [5, 5.41) is 0. The quantitative estimate of drug-likeness (QED) is 0.512. The van der Waals surface area contributed by atoms with Gasteiger partial charge in [-0.2, -0.15) is 0 Å². The van der Waals surface area contributed by atoms with E-state index >= 15 is 0 Å². The van der Waals surface area contributed by atoms with Gasteiger partial charge in [-0.3, -0.25) is 0 Å². The second-order valence-corrected chi connectivity index (χ2v) is 0. The van der Waals surface area contributed by atoms with Crippen molar-refractivity contribution < 1.29 is 53.4 Å². The second kappa shape index (κ2) is 28.2. The second-order valence-electron chi connectivity index (χ2n) is 0. The third-order valence-corrected chi connectivity index (χ3v) is 0. The van der Waals surface area contributed by atoms with Crippen LogP contribution in [0.15, 0.2) is 0 Å². The van der Waals surface area contributed by atoms with Gasteiger partial charge in [-0.05, 0) is 0 Å². The molecule has 0 amide bonds. The molecule has 0 unspecified atom stereocenters. The topological polar surface area (TPSA) is 28.5 Å². The van der Waals surface area contributed by atoms with Crippen molar-refractivity contribution in [1.82, 2.24) is 0 Å². The van der Waals surface area contributed by atoms with Gasteiger partial charge < -0.3 is 5.48 Å². The van der Waals surface area contributed by atoms with Gasteiger partial charge in [0.05, 0.1) is 0 Å². The maximum absolute atomic E-state index is 0. The van der Waals surface area contributed by atoms with Crippen LogP contribution in [-0.4, -0.2) is 43.4 Å². The molecule has 0 heterocycles. The molecule has 0 aliphatic carbocycles. The zero-order valence-electron chi connectivity index (χ0n) is 2.49. The summed E-state index contributed by atoms with van der Waals surface area (Å²) < 4.78 is 0. The molecule has 5 heavy (non-hydrogen) atoms. The van der Waals surface area contributed by atoms with Crippen LogP contribution in [0.5, 0.6) is 0 Å². The van der Waals surface area contributed by atoms with E-state index in [-0.39, 0.29) is 96.8 Å². The molecule has 5 heteroatoms. The SMILES string of the molecule is [Ge+2].[In+3].[O-2].[Ti+4].[Zr+4]. The molecular formula is GeInOTiZr+11. The molecule has 0 saturated carbocycles. The fourth-order valence-corrected chi connectivity index (χ4v) is 0. The minimum absolute atomic E-state index is 0. The Labute approximate surface area is 95.1 Å². The van der Waals surface area contributed by atoms with Crippen LogP contribution in [0.25, 0.3) is 0 Å². The first-order valence-electron chi connectivity index (χ1n) is 0.